The first-order chi connectivity index (χ1) is 9.81. The summed E-state index contributed by atoms with van der Waals surface area (Å²) in [5, 5.41) is 6.08. The maximum Gasteiger partial charge on any atom is 0.136 e. The largest absolute Gasteiger partial charge is 0.384 e. The number of aromatic nitrogens is 1. The van der Waals surface area contributed by atoms with Crippen molar-refractivity contribution in [3.05, 3.63) is 59.4 Å². The molecule has 0 fully saturated rings. The van der Waals surface area contributed by atoms with Crippen LogP contribution in [0.3, 0.4) is 0 Å². The summed E-state index contributed by atoms with van der Waals surface area (Å²) in [6.45, 7) is 1.03. The van der Waals surface area contributed by atoms with Gasteiger partial charge in [-0.25, -0.2) is 4.98 Å². The molecular formula is C17H13ClN2. The van der Waals surface area contributed by atoms with Crippen molar-refractivity contribution >= 4 is 28.1 Å². The molecule has 1 aliphatic heterocycles. The molecule has 2 aromatic carbocycles. The molecule has 2 nitrogen and oxygen atoms in total. The van der Waals surface area contributed by atoms with Crippen LogP contribution in [0, 0.1) is 0 Å². The van der Waals surface area contributed by atoms with Gasteiger partial charge in [-0.15, -0.1) is 0 Å². The maximum atomic E-state index is 6.19. The van der Waals surface area contributed by atoms with E-state index in [1.807, 2.05) is 6.07 Å². The molecule has 0 atom stereocenters. The summed E-state index contributed by atoms with van der Waals surface area (Å²) in [5.41, 5.74) is 5.06. The fourth-order valence-electron chi connectivity index (χ4n) is 2.80. The monoisotopic (exact) mass is 280 g/mol. The van der Waals surface area contributed by atoms with Gasteiger partial charge in [0.15, 0.2) is 0 Å². The van der Waals surface area contributed by atoms with E-state index in [1.165, 1.54) is 22.4 Å². The van der Waals surface area contributed by atoms with E-state index in [0.717, 1.165) is 23.7 Å². The molecule has 2 heterocycles. The van der Waals surface area contributed by atoms with E-state index in [4.69, 9.17) is 11.6 Å². The van der Waals surface area contributed by atoms with E-state index < -0.39 is 0 Å². The summed E-state index contributed by atoms with van der Waals surface area (Å²) < 4.78 is 0. The third kappa shape index (κ3) is 1.84. The van der Waals surface area contributed by atoms with E-state index in [0.29, 0.717) is 5.15 Å². The van der Waals surface area contributed by atoms with Crippen molar-refractivity contribution in [1.82, 2.24) is 4.98 Å². The standard InChI is InChI=1S/C17H13ClN2/c18-17-15-10-13(2-1-11(15)5-8-20-17)12-3-4-16-14(9-12)6-7-19-16/h1-5,8-10,19H,6-7H2. The highest BCUT2D eigenvalue weighted by Gasteiger charge is 2.11. The van der Waals surface area contributed by atoms with Gasteiger partial charge in [0.1, 0.15) is 5.15 Å². The number of halogens is 1. The maximum absolute atomic E-state index is 6.19. The number of pyridine rings is 1. The van der Waals surface area contributed by atoms with E-state index in [9.17, 15) is 0 Å². The second-order valence-corrected chi connectivity index (χ2v) is 5.44. The van der Waals surface area contributed by atoms with Gasteiger partial charge >= 0.3 is 0 Å². The molecule has 20 heavy (non-hydrogen) atoms. The minimum atomic E-state index is 0.562. The first-order valence-corrected chi connectivity index (χ1v) is 7.10. The summed E-state index contributed by atoms with van der Waals surface area (Å²) in [6, 6.07) is 14.9. The highest BCUT2D eigenvalue weighted by atomic mass is 35.5. The lowest BCUT2D eigenvalue weighted by Gasteiger charge is -2.07. The fourth-order valence-corrected chi connectivity index (χ4v) is 3.02. The van der Waals surface area contributed by atoms with Crippen molar-refractivity contribution < 1.29 is 0 Å². The van der Waals surface area contributed by atoms with Gasteiger partial charge in [0.2, 0.25) is 0 Å². The minimum Gasteiger partial charge on any atom is -0.384 e. The van der Waals surface area contributed by atoms with Crippen molar-refractivity contribution in [2.45, 2.75) is 6.42 Å². The van der Waals surface area contributed by atoms with Crippen molar-refractivity contribution in [3.63, 3.8) is 0 Å². The molecule has 98 valence electrons. The van der Waals surface area contributed by atoms with Crippen molar-refractivity contribution in [3.8, 4) is 11.1 Å². The van der Waals surface area contributed by atoms with Gasteiger partial charge < -0.3 is 5.32 Å². The molecule has 0 spiro atoms. The molecule has 0 aliphatic carbocycles. The third-order valence-electron chi connectivity index (χ3n) is 3.87. The lowest BCUT2D eigenvalue weighted by atomic mass is 9.99. The van der Waals surface area contributed by atoms with Crippen LogP contribution in [-0.4, -0.2) is 11.5 Å². The first kappa shape index (κ1) is 11.7. The van der Waals surface area contributed by atoms with Crippen molar-refractivity contribution in [2.75, 3.05) is 11.9 Å². The molecule has 3 aromatic rings. The molecule has 0 saturated carbocycles. The second-order valence-electron chi connectivity index (χ2n) is 5.09. The molecule has 1 aromatic heterocycles. The number of benzene rings is 2. The molecular weight excluding hydrogens is 268 g/mol. The van der Waals surface area contributed by atoms with Crippen LogP contribution in [0.1, 0.15) is 5.56 Å². The number of hydrogen-bond acceptors (Lipinski definition) is 2. The fraction of sp³-hybridized carbons (Fsp3) is 0.118. The highest BCUT2D eigenvalue weighted by molar-refractivity contribution is 6.34. The second kappa shape index (κ2) is 4.50. The van der Waals surface area contributed by atoms with Gasteiger partial charge in [-0.2, -0.15) is 0 Å². The Balaban J connectivity index is 1.88. The SMILES string of the molecule is Clc1nccc2ccc(-c3ccc4c(c3)CCN4)cc12. The van der Waals surface area contributed by atoms with Crippen LogP contribution in [0.4, 0.5) is 5.69 Å². The lowest BCUT2D eigenvalue weighted by molar-refractivity contribution is 1.11. The topological polar surface area (TPSA) is 24.9 Å². The average Bonchev–Trinajstić information content (AvgIpc) is 2.95. The van der Waals surface area contributed by atoms with Crippen LogP contribution < -0.4 is 5.32 Å². The minimum absolute atomic E-state index is 0.562. The predicted octanol–water partition coefficient (Wildman–Crippen LogP) is 4.52. The zero-order valence-electron chi connectivity index (χ0n) is 10.9. The van der Waals surface area contributed by atoms with E-state index in [1.54, 1.807) is 6.20 Å². The molecule has 0 radical (unpaired) electrons. The Hall–Kier alpha value is -2.06. The molecule has 3 heteroatoms. The Bertz CT molecular complexity index is 811. The van der Waals surface area contributed by atoms with Gasteiger partial charge in [0, 0.05) is 23.8 Å². The predicted molar refractivity (Wildman–Crippen MR) is 84.4 cm³/mol. The van der Waals surface area contributed by atoms with Gasteiger partial charge in [-0.1, -0.05) is 29.8 Å². The van der Waals surface area contributed by atoms with Crippen LogP contribution in [0.2, 0.25) is 5.15 Å². The number of rotatable bonds is 1. The van der Waals surface area contributed by atoms with E-state index in [-0.39, 0.29) is 0 Å². The Morgan fingerprint density at radius 2 is 1.85 bits per heavy atom. The van der Waals surface area contributed by atoms with E-state index in [2.05, 4.69) is 46.7 Å². The zero-order valence-corrected chi connectivity index (χ0v) is 11.6. The normalized spacial score (nSPS) is 13.2. The van der Waals surface area contributed by atoms with Gasteiger partial charge in [-0.3, -0.25) is 0 Å². The van der Waals surface area contributed by atoms with Crippen LogP contribution in [0.15, 0.2) is 48.7 Å². The van der Waals surface area contributed by atoms with Gasteiger partial charge in [0.05, 0.1) is 0 Å². The Morgan fingerprint density at radius 1 is 1.00 bits per heavy atom. The Morgan fingerprint density at radius 3 is 2.80 bits per heavy atom. The average molecular weight is 281 g/mol. The number of hydrogen-bond donors (Lipinski definition) is 1. The molecule has 1 N–H and O–H groups in total. The quantitative estimate of drug-likeness (QED) is 0.663. The van der Waals surface area contributed by atoms with Gasteiger partial charge in [0.25, 0.3) is 0 Å². The Labute approximate surface area is 122 Å². The molecule has 0 bridgehead atoms. The van der Waals surface area contributed by atoms with Crippen LogP contribution in [0.5, 0.6) is 0 Å². The lowest BCUT2D eigenvalue weighted by Crippen LogP contribution is -1.90. The number of fused-ring (bicyclic) bond motifs is 2. The molecule has 1 aliphatic rings. The molecule has 0 unspecified atom stereocenters. The zero-order chi connectivity index (χ0) is 13.5. The number of nitrogens with zero attached hydrogens (tertiary/aromatic N) is 1. The molecule has 0 amide bonds. The van der Waals surface area contributed by atoms with Gasteiger partial charge in [-0.05, 0) is 52.8 Å². The highest BCUT2D eigenvalue weighted by Crippen LogP contribution is 2.31. The number of anilines is 1. The summed E-state index contributed by atoms with van der Waals surface area (Å²) >= 11 is 6.19. The first-order valence-electron chi connectivity index (χ1n) is 6.73. The van der Waals surface area contributed by atoms with Crippen LogP contribution in [0.25, 0.3) is 21.9 Å². The van der Waals surface area contributed by atoms with Crippen molar-refractivity contribution in [1.29, 1.82) is 0 Å². The summed E-state index contributed by atoms with van der Waals surface area (Å²) in [6.07, 6.45) is 2.84. The van der Waals surface area contributed by atoms with Crippen LogP contribution in [-0.2, 0) is 6.42 Å². The summed E-state index contributed by atoms with van der Waals surface area (Å²) in [4.78, 5) is 4.16. The smallest absolute Gasteiger partial charge is 0.136 e. The molecule has 0 saturated heterocycles. The van der Waals surface area contributed by atoms with E-state index >= 15 is 0 Å². The van der Waals surface area contributed by atoms with Crippen molar-refractivity contribution in [2.24, 2.45) is 0 Å². The van der Waals surface area contributed by atoms with Crippen LogP contribution >= 0.6 is 11.6 Å². The third-order valence-corrected chi connectivity index (χ3v) is 4.17. The summed E-state index contributed by atoms with van der Waals surface area (Å²) in [7, 11) is 0. The molecule has 4 rings (SSSR count). The summed E-state index contributed by atoms with van der Waals surface area (Å²) in [5.74, 6) is 0. The number of nitrogens with one attached hydrogen (secondary N) is 1. The Kier molecular flexibility index (Phi) is 2.64.